The van der Waals surface area contributed by atoms with Gasteiger partial charge in [-0.15, -0.1) is 0 Å². The Kier molecular flexibility index (Phi) is 3.39. The molecule has 3 heterocycles. The van der Waals surface area contributed by atoms with E-state index in [-0.39, 0.29) is 11.9 Å². The fraction of sp³-hybridized carbons (Fsp3) is 0.500. The number of likely N-dealkylation sites (tertiary alicyclic amines) is 1. The van der Waals surface area contributed by atoms with Crippen LogP contribution in [0.2, 0.25) is 0 Å². The second kappa shape index (κ2) is 5.75. The molecule has 5 rings (SSSR count). The number of rotatable bonds is 3. The molecular weight excluding hydrogens is 322 g/mol. The fourth-order valence-electron chi connectivity index (χ4n) is 3.50. The van der Waals surface area contributed by atoms with Gasteiger partial charge in [0.1, 0.15) is 13.2 Å². The van der Waals surface area contributed by atoms with Crippen molar-refractivity contribution in [3.63, 3.8) is 0 Å². The number of amides is 1. The van der Waals surface area contributed by atoms with Crippen LogP contribution in [-0.4, -0.2) is 40.7 Å². The van der Waals surface area contributed by atoms with Crippen LogP contribution in [0.25, 0.3) is 0 Å². The average Bonchev–Trinajstić information content (AvgIpc) is 3.19. The third-order valence-electron chi connectivity index (χ3n) is 4.98. The first kappa shape index (κ1) is 14.7. The van der Waals surface area contributed by atoms with E-state index in [0.717, 1.165) is 25.7 Å². The summed E-state index contributed by atoms with van der Waals surface area (Å²) in [7, 11) is 0. The highest BCUT2D eigenvalue weighted by Crippen LogP contribution is 2.40. The molecule has 1 saturated carbocycles. The molecule has 7 nitrogen and oxygen atoms in total. The molecule has 0 unspecified atom stereocenters. The highest BCUT2D eigenvalue weighted by Gasteiger charge is 2.36. The lowest BCUT2D eigenvalue weighted by Crippen LogP contribution is -2.31. The van der Waals surface area contributed by atoms with E-state index in [1.165, 1.54) is 0 Å². The minimum atomic E-state index is -0.114. The first-order chi connectivity index (χ1) is 12.3. The molecule has 2 fully saturated rings. The molecule has 0 bridgehead atoms. The van der Waals surface area contributed by atoms with Crippen LogP contribution >= 0.6 is 0 Å². The van der Waals surface area contributed by atoms with Gasteiger partial charge in [0.2, 0.25) is 5.89 Å². The lowest BCUT2D eigenvalue weighted by atomic mass is 10.1. The van der Waals surface area contributed by atoms with Gasteiger partial charge in [-0.1, -0.05) is 5.16 Å². The number of aromatic nitrogens is 2. The van der Waals surface area contributed by atoms with Crippen molar-refractivity contribution >= 4 is 5.91 Å². The van der Waals surface area contributed by atoms with Crippen LogP contribution in [0, 0.1) is 0 Å². The van der Waals surface area contributed by atoms with Gasteiger partial charge >= 0.3 is 0 Å². The molecule has 0 spiro atoms. The van der Waals surface area contributed by atoms with E-state index in [2.05, 4.69) is 10.1 Å². The van der Waals surface area contributed by atoms with Crippen LogP contribution < -0.4 is 9.47 Å². The van der Waals surface area contributed by atoms with Gasteiger partial charge in [0.15, 0.2) is 17.3 Å². The molecule has 3 aliphatic rings. The number of nitrogens with zero attached hydrogens (tertiary/aromatic N) is 3. The number of carbonyl (C=O) groups excluding carboxylic acids is 1. The molecule has 25 heavy (non-hydrogen) atoms. The van der Waals surface area contributed by atoms with Crippen molar-refractivity contribution in [3.05, 3.63) is 35.5 Å². The summed E-state index contributed by atoms with van der Waals surface area (Å²) in [5.74, 6) is 3.05. The number of ether oxygens (including phenoxy) is 2. The minimum Gasteiger partial charge on any atom is -0.486 e. The molecule has 7 heteroatoms. The maximum atomic E-state index is 13.0. The zero-order valence-electron chi connectivity index (χ0n) is 13.8. The zero-order valence-corrected chi connectivity index (χ0v) is 13.8. The van der Waals surface area contributed by atoms with Crippen LogP contribution in [0.15, 0.2) is 22.7 Å². The van der Waals surface area contributed by atoms with Gasteiger partial charge < -0.3 is 18.9 Å². The summed E-state index contributed by atoms with van der Waals surface area (Å²) in [5.41, 5.74) is 0.599. The Morgan fingerprint density at radius 2 is 1.96 bits per heavy atom. The average molecular weight is 341 g/mol. The second-order valence-electron chi connectivity index (χ2n) is 6.78. The normalized spacial score (nSPS) is 22.2. The molecule has 1 saturated heterocycles. The summed E-state index contributed by atoms with van der Waals surface area (Å²) in [4.78, 5) is 19.4. The number of hydrogen-bond acceptors (Lipinski definition) is 6. The molecule has 1 aliphatic carbocycles. The van der Waals surface area contributed by atoms with Crippen LogP contribution in [0.4, 0.5) is 0 Å². The van der Waals surface area contributed by atoms with Crippen molar-refractivity contribution in [2.24, 2.45) is 0 Å². The molecule has 130 valence electrons. The SMILES string of the molecule is O=C(c1ccc2c(c1)OCCO2)N1CCC[C@H]1c1noc(C2CC2)n1. The number of carbonyl (C=O) groups is 1. The Morgan fingerprint density at radius 1 is 1.12 bits per heavy atom. The number of benzene rings is 1. The van der Waals surface area contributed by atoms with E-state index < -0.39 is 0 Å². The van der Waals surface area contributed by atoms with E-state index in [4.69, 9.17) is 14.0 Å². The summed E-state index contributed by atoms with van der Waals surface area (Å²) in [5, 5.41) is 4.13. The standard InChI is InChI=1S/C18H19N3O4/c22-18(12-5-6-14-15(10-12)24-9-8-23-14)21-7-1-2-13(21)16-19-17(25-20-16)11-3-4-11/h5-6,10-11,13H,1-4,7-9H2/t13-/m0/s1. The summed E-state index contributed by atoms with van der Waals surface area (Å²) >= 11 is 0. The summed E-state index contributed by atoms with van der Waals surface area (Å²) in [6.07, 6.45) is 4.03. The van der Waals surface area contributed by atoms with Crippen molar-refractivity contribution in [3.8, 4) is 11.5 Å². The van der Waals surface area contributed by atoms with Crippen molar-refractivity contribution < 1.29 is 18.8 Å². The van der Waals surface area contributed by atoms with Gasteiger partial charge in [-0.25, -0.2) is 0 Å². The number of fused-ring (bicyclic) bond motifs is 1. The molecule has 0 radical (unpaired) electrons. The smallest absolute Gasteiger partial charge is 0.254 e. The third-order valence-corrected chi connectivity index (χ3v) is 4.98. The Morgan fingerprint density at radius 3 is 2.80 bits per heavy atom. The van der Waals surface area contributed by atoms with Crippen molar-refractivity contribution in [2.45, 2.75) is 37.6 Å². The summed E-state index contributed by atoms with van der Waals surface area (Å²) < 4.78 is 16.5. The zero-order chi connectivity index (χ0) is 16.8. The molecule has 0 N–H and O–H groups in total. The lowest BCUT2D eigenvalue weighted by Gasteiger charge is -2.23. The Balaban J connectivity index is 1.39. The molecule has 2 aliphatic heterocycles. The lowest BCUT2D eigenvalue weighted by molar-refractivity contribution is 0.0727. The summed E-state index contributed by atoms with van der Waals surface area (Å²) in [6, 6.07) is 5.23. The molecule has 1 atom stereocenters. The first-order valence-electron chi connectivity index (χ1n) is 8.84. The Labute approximate surface area is 144 Å². The van der Waals surface area contributed by atoms with Gasteiger partial charge in [-0.2, -0.15) is 4.98 Å². The van der Waals surface area contributed by atoms with E-state index in [1.54, 1.807) is 18.2 Å². The van der Waals surface area contributed by atoms with Gasteiger partial charge in [-0.3, -0.25) is 4.79 Å². The molecule has 1 amide bonds. The maximum Gasteiger partial charge on any atom is 0.254 e. The minimum absolute atomic E-state index is 0.0303. The fourth-order valence-corrected chi connectivity index (χ4v) is 3.50. The predicted octanol–water partition coefficient (Wildman–Crippen LogP) is 2.70. The Bertz CT molecular complexity index is 814. The second-order valence-corrected chi connectivity index (χ2v) is 6.78. The van der Waals surface area contributed by atoms with Gasteiger partial charge in [-0.05, 0) is 43.9 Å². The molecular formula is C18H19N3O4. The first-order valence-corrected chi connectivity index (χ1v) is 8.84. The summed E-state index contributed by atoms with van der Waals surface area (Å²) in [6.45, 7) is 1.74. The maximum absolute atomic E-state index is 13.0. The van der Waals surface area contributed by atoms with E-state index in [9.17, 15) is 4.79 Å². The molecule has 1 aromatic heterocycles. The highest BCUT2D eigenvalue weighted by atomic mass is 16.6. The highest BCUT2D eigenvalue weighted by molar-refractivity contribution is 5.95. The third kappa shape index (κ3) is 2.63. The van der Waals surface area contributed by atoms with Crippen LogP contribution in [0.5, 0.6) is 11.5 Å². The van der Waals surface area contributed by atoms with Crippen LogP contribution in [0.3, 0.4) is 0 Å². The molecule has 1 aromatic carbocycles. The topological polar surface area (TPSA) is 77.7 Å². The molecule has 2 aromatic rings. The van der Waals surface area contributed by atoms with Gasteiger partial charge in [0.25, 0.3) is 5.91 Å². The largest absolute Gasteiger partial charge is 0.486 e. The Hall–Kier alpha value is -2.57. The van der Waals surface area contributed by atoms with Gasteiger partial charge in [0.05, 0.1) is 6.04 Å². The van der Waals surface area contributed by atoms with Crippen LogP contribution in [0.1, 0.15) is 59.7 Å². The van der Waals surface area contributed by atoms with Crippen molar-refractivity contribution in [1.82, 2.24) is 15.0 Å². The number of hydrogen-bond donors (Lipinski definition) is 0. The monoisotopic (exact) mass is 341 g/mol. The van der Waals surface area contributed by atoms with Crippen LogP contribution in [-0.2, 0) is 0 Å². The van der Waals surface area contributed by atoms with E-state index in [0.29, 0.717) is 54.5 Å². The van der Waals surface area contributed by atoms with Crippen molar-refractivity contribution in [2.75, 3.05) is 19.8 Å². The van der Waals surface area contributed by atoms with E-state index >= 15 is 0 Å². The van der Waals surface area contributed by atoms with Crippen molar-refractivity contribution in [1.29, 1.82) is 0 Å². The quantitative estimate of drug-likeness (QED) is 0.854. The predicted molar refractivity (Wildman–Crippen MR) is 86.7 cm³/mol. The van der Waals surface area contributed by atoms with Gasteiger partial charge in [0, 0.05) is 18.0 Å². The van der Waals surface area contributed by atoms with E-state index in [1.807, 2.05) is 4.90 Å².